The average molecular weight is 436 g/mol. The monoisotopic (exact) mass is 436 g/mol. The maximum absolute atomic E-state index is 11.5. The van der Waals surface area contributed by atoms with E-state index in [-0.39, 0.29) is 79.3 Å². The minimum atomic E-state index is -0.710. The van der Waals surface area contributed by atoms with Crippen molar-refractivity contribution < 1.29 is 57.1 Å². The predicted molar refractivity (Wildman–Crippen MR) is 96.3 cm³/mol. The first-order valence-electron chi connectivity index (χ1n) is 9.51. The number of rotatable bonds is 0. The Balaban J connectivity index is 2.27. The fraction of sp³-hybridized carbons (Fsp3) is 0.778. The highest BCUT2D eigenvalue weighted by Crippen LogP contribution is 1.94. The van der Waals surface area contributed by atoms with Crippen LogP contribution in [-0.4, -0.2) is 103 Å². The maximum Gasteiger partial charge on any atom is 0.317 e. The van der Waals surface area contributed by atoms with Crippen LogP contribution in [0.5, 0.6) is 0 Å². The maximum atomic E-state index is 11.5. The molecule has 12 heteroatoms. The molecule has 1 aliphatic rings. The van der Waals surface area contributed by atoms with Crippen LogP contribution in [-0.2, 0) is 57.1 Å². The molecular weight excluding hydrogens is 408 g/mol. The summed E-state index contributed by atoms with van der Waals surface area (Å²) < 4.78 is 40.1. The summed E-state index contributed by atoms with van der Waals surface area (Å²) in [5.74, 6) is -2.84. The van der Waals surface area contributed by atoms with E-state index in [2.05, 4.69) is 0 Å². The molecule has 1 heterocycles. The minimum Gasteiger partial charge on any atom is -0.463 e. The van der Waals surface area contributed by atoms with Crippen LogP contribution in [0.4, 0.5) is 0 Å². The molecule has 0 N–H and O–H groups in total. The number of hydrogen-bond donors (Lipinski definition) is 0. The molecule has 0 atom stereocenters. The lowest BCUT2D eigenvalue weighted by molar-refractivity contribution is -0.158. The minimum absolute atomic E-state index is 0.0110. The molecular formula is C18H28O12. The molecule has 0 radical (unpaired) electrons. The zero-order chi connectivity index (χ0) is 21.9. The van der Waals surface area contributed by atoms with Gasteiger partial charge in [-0.1, -0.05) is 0 Å². The fourth-order valence-corrected chi connectivity index (χ4v) is 1.94. The zero-order valence-corrected chi connectivity index (χ0v) is 16.8. The highest BCUT2D eigenvalue weighted by molar-refractivity contribution is 5.91. The lowest BCUT2D eigenvalue weighted by Gasteiger charge is -2.09. The van der Waals surface area contributed by atoms with Gasteiger partial charge in [0.2, 0.25) is 0 Å². The molecule has 0 aromatic heterocycles. The lowest BCUT2D eigenvalue weighted by atomic mass is 10.4. The van der Waals surface area contributed by atoms with Crippen molar-refractivity contribution in [3.63, 3.8) is 0 Å². The van der Waals surface area contributed by atoms with E-state index in [1.165, 1.54) is 0 Å². The van der Waals surface area contributed by atoms with Crippen molar-refractivity contribution in [2.75, 3.05) is 79.3 Å². The van der Waals surface area contributed by atoms with Gasteiger partial charge in [-0.15, -0.1) is 0 Å². The van der Waals surface area contributed by atoms with Crippen LogP contribution in [0.2, 0.25) is 0 Å². The van der Waals surface area contributed by atoms with Crippen LogP contribution in [0, 0.1) is 0 Å². The number of carbonyl (C=O) groups excluding carboxylic acids is 4. The van der Waals surface area contributed by atoms with E-state index in [4.69, 9.17) is 37.9 Å². The summed E-state index contributed by atoms with van der Waals surface area (Å²) in [5, 5.41) is 0. The van der Waals surface area contributed by atoms with Crippen molar-refractivity contribution in [2.24, 2.45) is 0 Å². The van der Waals surface area contributed by atoms with Crippen LogP contribution in [0.25, 0.3) is 0 Å². The predicted octanol–water partition coefficient (Wildman–Crippen LogP) is -0.981. The van der Waals surface area contributed by atoms with E-state index < -0.39 is 36.7 Å². The number of cyclic esters (lactones) is 4. The molecule has 30 heavy (non-hydrogen) atoms. The van der Waals surface area contributed by atoms with E-state index in [9.17, 15) is 19.2 Å². The third kappa shape index (κ3) is 15.6. The Morgan fingerprint density at radius 1 is 0.333 bits per heavy atom. The van der Waals surface area contributed by atoms with Gasteiger partial charge in [0.15, 0.2) is 0 Å². The van der Waals surface area contributed by atoms with Crippen molar-refractivity contribution in [2.45, 2.75) is 12.8 Å². The van der Waals surface area contributed by atoms with Gasteiger partial charge in [-0.05, 0) is 0 Å². The fourth-order valence-electron chi connectivity index (χ4n) is 1.94. The van der Waals surface area contributed by atoms with Gasteiger partial charge < -0.3 is 37.9 Å². The Morgan fingerprint density at radius 3 is 0.767 bits per heavy atom. The summed E-state index contributed by atoms with van der Waals surface area (Å²) in [7, 11) is 0. The van der Waals surface area contributed by atoms with Crippen molar-refractivity contribution >= 4 is 23.9 Å². The van der Waals surface area contributed by atoms with Gasteiger partial charge in [-0.2, -0.15) is 0 Å². The first-order chi connectivity index (χ1) is 14.6. The first-order valence-corrected chi connectivity index (χ1v) is 9.51. The molecule has 0 amide bonds. The van der Waals surface area contributed by atoms with Crippen molar-refractivity contribution in [3.05, 3.63) is 0 Å². The Bertz CT molecular complexity index is 431. The van der Waals surface area contributed by atoms with Crippen LogP contribution < -0.4 is 0 Å². The second-order valence-electron chi connectivity index (χ2n) is 5.68. The molecule has 0 saturated carbocycles. The highest BCUT2D eigenvalue weighted by atomic mass is 16.6. The zero-order valence-electron chi connectivity index (χ0n) is 16.8. The summed E-state index contributed by atoms with van der Waals surface area (Å²) in [6, 6.07) is 0. The van der Waals surface area contributed by atoms with Crippen LogP contribution in [0.1, 0.15) is 12.8 Å². The molecule has 1 saturated heterocycles. The third-order valence-corrected chi connectivity index (χ3v) is 3.28. The topological polar surface area (TPSA) is 142 Å². The van der Waals surface area contributed by atoms with Gasteiger partial charge in [0.25, 0.3) is 0 Å². The second-order valence-corrected chi connectivity index (χ2v) is 5.68. The van der Waals surface area contributed by atoms with E-state index in [0.29, 0.717) is 0 Å². The standard InChI is InChI=1S/C18H28O12/c19-15-13-17(21)29-11-7-25-3-4-26-8-12-30-18(22)14-16(20)28-10-6-24-2-1-23-5-9-27-15/h1-14H2. The molecule has 0 unspecified atom stereocenters. The lowest BCUT2D eigenvalue weighted by Crippen LogP contribution is -2.20. The van der Waals surface area contributed by atoms with Gasteiger partial charge in [0, 0.05) is 0 Å². The Kier molecular flexibility index (Phi) is 15.1. The van der Waals surface area contributed by atoms with Crippen molar-refractivity contribution in [3.8, 4) is 0 Å². The van der Waals surface area contributed by atoms with Gasteiger partial charge in [0.1, 0.15) is 39.3 Å². The van der Waals surface area contributed by atoms with Gasteiger partial charge in [0.05, 0.1) is 52.9 Å². The van der Waals surface area contributed by atoms with Gasteiger partial charge in [-0.3, -0.25) is 19.2 Å². The van der Waals surface area contributed by atoms with Gasteiger partial charge >= 0.3 is 23.9 Å². The normalized spacial score (nSPS) is 21.6. The SMILES string of the molecule is O=C1CC(=O)OCCOCCOCCOC(=O)CC(=O)OCCOCCOCCO1. The summed E-state index contributed by atoms with van der Waals surface area (Å²) in [5.41, 5.74) is 0. The molecule has 1 rings (SSSR count). The summed E-state index contributed by atoms with van der Waals surface area (Å²) >= 11 is 0. The summed E-state index contributed by atoms with van der Waals surface area (Å²) in [6.07, 6.45) is -0.993. The Morgan fingerprint density at radius 2 is 0.533 bits per heavy atom. The quantitative estimate of drug-likeness (QED) is 0.262. The summed E-state index contributed by atoms with van der Waals surface area (Å²) in [4.78, 5) is 45.9. The number of carbonyl (C=O) groups is 4. The Labute approximate surface area is 173 Å². The van der Waals surface area contributed by atoms with E-state index in [1.54, 1.807) is 0 Å². The first kappa shape index (κ1) is 25.8. The molecule has 0 aromatic carbocycles. The number of esters is 4. The molecule has 12 nitrogen and oxygen atoms in total. The van der Waals surface area contributed by atoms with E-state index >= 15 is 0 Å². The number of ether oxygens (including phenoxy) is 8. The van der Waals surface area contributed by atoms with Crippen LogP contribution >= 0.6 is 0 Å². The molecule has 0 spiro atoms. The smallest absolute Gasteiger partial charge is 0.317 e. The van der Waals surface area contributed by atoms with Crippen LogP contribution in [0.15, 0.2) is 0 Å². The number of hydrogen-bond acceptors (Lipinski definition) is 12. The molecule has 172 valence electrons. The molecule has 0 aromatic rings. The van der Waals surface area contributed by atoms with Gasteiger partial charge in [-0.25, -0.2) is 0 Å². The molecule has 0 aliphatic carbocycles. The van der Waals surface area contributed by atoms with E-state index in [0.717, 1.165) is 0 Å². The molecule has 1 aliphatic heterocycles. The Hall–Kier alpha value is -2.28. The summed E-state index contributed by atoms with van der Waals surface area (Å²) in [6.45, 7) is 1.45. The van der Waals surface area contributed by atoms with E-state index in [1.807, 2.05) is 0 Å². The molecule has 1 fully saturated rings. The highest BCUT2D eigenvalue weighted by Gasteiger charge is 2.13. The molecule has 0 bridgehead atoms. The largest absolute Gasteiger partial charge is 0.463 e. The van der Waals surface area contributed by atoms with Crippen LogP contribution in [0.3, 0.4) is 0 Å². The van der Waals surface area contributed by atoms with Crippen molar-refractivity contribution in [1.29, 1.82) is 0 Å². The third-order valence-electron chi connectivity index (χ3n) is 3.28. The average Bonchev–Trinajstić information content (AvgIpc) is 2.70. The van der Waals surface area contributed by atoms with Crippen molar-refractivity contribution in [1.82, 2.24) is 0 Å². The second kappa shape index (κ2) is 17.6.